The van der Waals surface area contributed by atoms with E-state index in [9.17, 15) is 9.59 Å². The largest absolute Gasteiger partial charge is 0.353 e. The summed E-state index contributed by atoms with van der Waals surface area (Å²) in [5, 5.41) is 3.81. The number of para-hydroxylation sites is 1. The Kier molecular flexibility index (Phi) is 5.05. The van der Waals surface area contributed by atoms with Gasteiger partial charge in [-0.2, -0.15) is 0 Å². The second-order valence-corrected chi connectivity index (χ2v) is 7.89. The average Bonchev–Trinajstić information content (AvgIpc) is 2.67. The van der Waals surface area contributed by atoms with Crippen molar-refractivity contribution in [1.29, 1.82) is 0 Å². The first kappa shape index (κ1) is 17.3. The summed E-state index contributed by atoms with van der Waals surface area (Å²) >= 11 is 0. The molecule has 1 N–H and O–H groups in total. The number of rotatable bonds is 4. The minimum atomic E-state index is -0.0777. The van der Waals surface area contributed by atoms with Crippen molar-refractivity contribution in [3.8, 4) is 0 Å². The van der Waals surface area contributed by atoms with Crippen molar-refractivity contribution in [2.45, 2.75) is 64.0 Å². The molecule has 5 heteroatoms. The summed E-state index contributed by atoms with van der Waals surface area (Å²) in [6, 6.07) is 7.63. The van der Waals surface area contributed by atoms with Crippen molar-refractivity contribution >= 4 is 16.8 Å². The van der Waals surface area contributed by atoms with Crippen LogP contribution in [0.1, 0.15) is 51.4 Å². The predicted molar refractivity (Wildman–Crippen MR) is 102 cm³/mol. The number of benzene rings is 1. The van der Waals surface area contributed by atoms with Gasteiger partial charge in [0.25, 0.3) is 5.56 Å². The van der Waals surface area contributed by atoms with Crippen LogP contribution in [0.2, 0.25) is 0 Å². The second-order valence-electron chi connectivity index (χ2n) is 7.89. The zero-order valence-electron chi connectivity index (χ0n) is 15.2. The summed E-state index contributed by atoms with van der Waals surface area (Å²) < 4.78 is 1.54. The van der Waals surface area contributed by atoms with Crippen molar-refractivity contribution in [1.82, 2.24) is 14.9 Å². The van der Waals surface area contributed by atoms with E-state index in [4.69, 9.17) is 0 Å². The van der Waals surface area contributed by atoms with E-state index in [1.807, 2.05) is 18.2 Å². The first-order chi connectivity index (χ1) is 12.7. The van der Waals surface area contributed by atoms with Crippen LogP contribution in [0.3, 0.4) is 0 Å². The Labute approximate surface area is 153 Å². The van der Waals surface area contributed by atoms with Gasteiger partial charge in [0, 0.05) is 19.0 Å². The van der Waals surface area contributed by atoms with Crippen molar-refractivity contribution in [3.63, 3.8) is 0 Å². The zero-order valence-corrected chi connectivity index (χ0v) is 15.2. The molecule has 4 rings (SSSR count). The number of carbonyl (C=O) groups excluding carboxylic acids is 1. The third-order valence-electron chi connectivity index (χ3n) is 6.22. The molecule has 0 spiro atoms. The van der Waals surface area contributed by atoms with Crippen LogP contribution in [0, 0.1) is 11.8 Å². The molecular weight excluding hydrogens is 326 g/mol. The Morgan fingerprint density at radius 2 is 1.92 bits per heavy atom. The van der Waals surface area contributed by atoms with E-state index in [0.29, 0.717) is 29.9 Å². The quantitative estimate of drug-likeness (QED) is 0.917. The summed E-state index contributed by atoms with van der Waals surface area (Å²) in [6.45, 7) is 0.376. The van der Waals surface area contributed by atoms with Crippen molar-refractivity contribution in [3.05, 3.63) is 40.9 Å². The molecule has 1 aromatic heterocycles. The highest BCUT2D eigenvalue weighted by atomic mass is 16.2. The van der Waals surface area contributed by atoms with Crippen LogP contribution >= 0.6 is 0 Å². The minimum Gasteiger partial charge on any atom is -0.353 e. The van der Waals surface area contributed by atoms with Gasteiger partial charge in [0.1, 0.15) is 0 Å². The number of amides is 1. The maximum Gasteiger partial charge on any atom is 0.261 e. The van der Waals surface area contributed by atoms with E-state index < -0.39 is 0 Å². The molecular formula is C21H27N3O2. The first-order valence-electron chi connectivity index (χ1n) is 9.94. The van der Waals surface area contributed by atoms with Crippen LogP contribution in [0.25, 0.3) is 10.9 Å². The molecule has 2 saturated carbocycles. The van der Waals surface area contributed by atoms with Gasteiger partial charge in [0.2, 0.25) is 5.91 Å². The zero-order chi connectivity index (χ0) is 17.9. The van der Waals surface area contributed by atoms with Crippen molar-refractivity contribution in [2.75, 3.05) is 0 Å². The number of hydrogen-bond acceptors (Lipinski definition) is 3. The fourth-order valence-electron chi connectivity index (χ4n) is 4.79. The Morgan fingerprint density at radius 1 is 1.12 bits per heavy atom. The highest BCUT2D eigenvalue weighted by molar-refractivity contribution is 5.77. The fourth-order valence-corrected chi connectivity index (χ4v) is 4.79. The monoisotopic (exact) mass is 353 g/mol. The van der Waals surface area contributed by atoms with Gasteiger partial charge in [0.15, 0.2) is 0 Å². The summed E-state index contributed by atoms with van der Waals surface area (Å²) in [7, 11) is 0. The third kappa shape index (κ3) is 3.67. The molecule has 1 heterocycles. The number of hydrogen-bond donors (Lipinski definition) is 1. The van der Waals surface area contributed by atoms with Gasteiger partial charge < -0.3 is 5.32 Å². The Balaban J connectivity index is 1.33. The summed E-state index contributed by atoms with van der Waals surface area (Å²) in [6.07, 6.45) is 10.8. The summed E-state index contributed by atoms with van der Waals surface area (Å²) in [5.41, 5.74) is 0.619. The molecule has 0 unspecified atom stereocenters. The van der Waals surface area contributed by atoms with Gasteiger partial charge in [-0.25, -0.2) is 4.98 Å². The number of aryl methyl sites for hydroxylation is 1. The molecule has 1 amide bonds. The van der Waals surface area contributed by atoms with E-state index in [0.717, 1.165) is 24.7 Å². The Morgan fingerprint density at radius 3 is 2.81 bits per heavy atom. The van der Waals surface area contributed by atoms with Crippen LogP contribution in [0.15, 0.2) is 35.4 Å². The molecule has 0 aliphatic heterocycles. The Hall–Kier alpha value is -2.17. The molecule has 0 bridgehead atoms. The number of nitrogens with one attached hydrogen (secondary N) is 1. The molecule has 3 atom stereocenters. The van der Waals surface area contributed by atoms with Crippen molar-refractivity contribution in [2.24, 2.45) is 11.8 Å². The maximum absolute atomic E-state index is 12.5. The first-order valence-corrected chi connectivity index (χ1v) is 9.94. The average molecular weight is 353 g/mol. The van der Waals surface area contributed by atoms with E-state index >= 15 is 0 Å². The van der Waals surface area contributed by atoms with Crippen LogP contribution in [0.5, 0.6) is 0 Å². The van der Waals surface area contributed by atoms with E-state index in [1.54, 1.807) is 17.0 Å². The predicted octanol–water partition coefficient (Wildman–Crippen LogP) is 3.26. The van der Waals surface area contributed by atoms with E-state index in [2.05, 4.69) is 10.3 Å². The van der Waals surface area contributed by atoms with Gasteiger partial charge >= 0.3 is 0 Å². The number of aromatic nitrogens is 2. The molecule has 2 aliphatic rings. The van der Waals surface area contributed by atoms with E-state index in [-0.39, 0.29) is 11.5 Å². The fraction of sp³-hybridized carbons (Fsp3) is 0.571. The minimum absolute atomic E-state index is 0.0457. The molecule has 2 aliphatic carbocycles. The molecule has 0 radical (unpaired) electrons. The van der Waals surface area contributed by atoms with Crippen LogP contribution in [-0.2, 0) is 11.3 Å². The topological polar surface area (TPSA) is 64.0 Å². The van der Waals surface area contributed by atoms with Crippen molar-refractivity contribution < 1.29 is 4.79 Å². The van der Waals surface area contributed by atoms with Gasteiger partial charge in [-0.1, -0.05) is 37.8 Å². The summed E-state index contributed by atoms with van der Waals surface area (Å²) in [5.74, 6) is 1.73. The van der Waals surface area contributed by atoms with Crippen LogP contribution < -0.4 is 10.9 Å². The third-order valence-corrected chi connectivity index (χ3v) is 6.22. The SMILES string of the molecule is O=C(CCn1cnc2ccccc2c1=O)N[C@@H]1CC[C@H]2CCCC[C@H]2C1. The van der Waals surface area contributed by atoms with Crippen LogP contribution in [-0.4, -0.2) is 21.5 Å². The van der Waals surface area contributed by atoms with Gasteiger partial charge in [-0.3, -0.25) is 14.2 Å². The normalized spacial score (nSPS) is 25.6. The highest BCUT2D eigenvalue weighted by Gasteiger charge is 2.32. The molecule has 2 aromatic rings. The van der Waals surface area contributed by atoms with Gasteiger partial charge in [-0.05, 0) is 43.2 Å². The standard InChI is InChI=1S/C21H27N3O2/c25-20(23-17-10-9-15-5-1-2-6-16(15)13-17)11-12-24-14-22-19-8-4-3-7-18(19)21(24)26/h3-4,7-8,14-17H,1-2,5-6,9-13H2,(H,23,25)/t15-,16+,17-/m1/s1. The Bertz CT molecular complexity index is 845. The maximum atomic E-state index is 12.5. The lowest BCUT2D eigenvalue weighted by Crippen LogP contribution is -2.42. The lowest BCUT2D eigenvalue weighted by atomic mass is 9.69. The smallest absolute Gasteiger partial charge is 0.261 e. The second kappa shape index (κ2) is 7.60. The van der Waals surface area contributed by atoms with E-state index in [1.165, 1.54) is 32.1 Å². The molecule has 138 valence electrons. The number of nitrogens with zero attached hydrogens (tertiary/aromatic N) is 2. The highest BCUT2D eigenvalue weighted by Crippen LogP contribution is 2.40. The molecule has 0 saturated heterocycles. The number of fused-ring (bicyclic) bond motifs is 2. The molecule has 2 fully saturated rings. The molecule has 1 aromatic carbocycles. The molecule has 5 nitrogen and oxygen atoms in total. The lowest BCUT2D eigenvalue weighted by Gasteiger charge is -2.39. The van der Waals surface area contributed by atoms with Crippen LogP contribution in [0.4, 0.5) is 0 Å². The molecule has 26 heavy (non-hydrogen) atoms. The summed E-state index contributed by atoms with van der Waals surface area (Å²) in [4.78, 5) is 29.2. The van der Waals surface area contributed by atoms with Gasteiger partial charge in [0.05, 0.1) is 17.2 Å². The lowest BCUT2D eigenvalue weighted by molar-refractivity contribution is -0.122. The number of carbonyl (C=O) groups is 1. The van der Waals surface area contributed by atoms with Gasteiger partial charge in [-0.15, -0.1) is 0 Å².